The fourth-order valence-electron chi connectivity index (χ4n) is 2.40. The molecule has 0 fully saturated rings. The van der Waals surface area contributed by atoms with Crippen LogP contribution in [0.4, 0.5) is 5.82 Å². The first-order valence-electron chi connectivity index (χ1n) is 7.43. The van der Waals surface area contributed by atoms with Gasteiger partial charge in [-0.1, -0.05) is 13.0 Å². The van der Waals surface area contributed by atoms with E-state index in [-0.39, 0.29) is 0 Å². The fourth-order valence-corrected chi connectivity index (χ4v) is 3.33. The summed E-state index contributed by atoms with van der Waals surface area (Å²) in [7, 11) is 3.27. The zero-order chi connectivity index (χ0) is 16.2. The number of ether oxygens (including phenoxy) is 2. The monoisotopic (exact) mass is 329 g/mol. The number of nitrogens with one attached hydrogen (secondary N) is 1. The normalized spacial score (nSPS) is 10.7. The predicted molar refractivity (Wildman–Crippen MR) is 93.7 cm³/mol. The summed E-state index contributed by atoms with van der Waals surface area (Å²) < 4.78 is 10.6. The molecule has 0 bridgehead atoms. The Kier molecular flexibility index (Phi) is 4.62. The summed E-state index contributed by atoms with van der Waals surface area (Å²) in [5, 5.41) is 4.47. The van der Waals surface area contributed by atoms with Crippen LogP contribution in [0, 0.1) is 0 Å². The highest BCUT2D eigenvalue weighted by Gasteiger charge is 2.09. The number of methoxy groups -OCH3 is 2. The van der Waals surface area contributed by atoms with E-state index < -0.39 is 0 Å². The quantitative estimate of drug-likeness (QED) is 0.744. The highest BCUT2D eigenvalue weighted by atomic mass is 32.1. The van der Waals surface area contributed by atoms with E-state index in [0.717, 1.165) is 39.5 Å². The van der Waals surface area contributed by atoms with Crippen LogP contribution in [0.1, 0.15) is 17.4 Å². The van der Waals surface area contributed by atoms with Gasteiger partial charge in [0, 0.05) is 11.4 Å². The van der Waals surface area contributed by atoms with Crippen molar-refractivity contribution in [2.45, 2.75) is 19.9 Å². The molecule has 0 spiro atoms. The first kappa shape index (κ1) is 15.6. The number of fused-ring (bicyclic) bond motifs is 1. The lowest BCUT2D eigenvalue weighted by Gasteiger charge is -2.11. The number of aryl methyl sites for hydroxylation is 1. The maximum absolute atomic E-state index is 5.34. The summed E-state index contributed by atoms with van der Waals surface area (Å²) in [6, 6.07) is 8.05. The van der Waals surface area contributed by atoms with E-state index >= 15 is 0 Å². The Balaban J connectivity index is 1.82. The molecule has 3 rings (SSSR count). The third kappa shape index (κ3) is 3.22. The molecule has 0 amide bonds. The van der Waals surface area contributed by atoms with Gasteiger partial charge in [0.2, 0.25) is 0 Å². The topological polar surface area (TPSA) is 56.3 Å². The van der Waals surface area contributed by atoms with Gasteiger partial charge in [-0.05, 0) is 30.2 Å². The number of thiophene rings is 1. The minimum Gasteiger partial charge on any atom is -0.493 e. The van der Waals surface area contributed by atoms with Gasteiger partial charge in [-0.15, -0.1) is 11.3 Å². The van der Waals surface area contributed by atoms with Crippen LogP contribution in [0.2, 0.25) is 0 Å². The molecule has 0 radical (unpaired) electrons. The summed E-state index contributed by atoms with van der Waals surface area (Å²) in [6.07, 6.45) is 2.62. The Morgan fingerprint density at radius 2 is 1.91 bits per heavy atom. The summed E-state index contributed by atoms with van der Waals surface area (Å²) in [5.74, 6) is 2.32. The van der Waals surface area contributed by atoms with Gasteiger partial charge in [0.25, 0.3) is 0 Å². The van der Waals surface area contributed by atoms with E-state index in [1.807, 2.05) is 18.2 Å². The lowest BCUT2D eigenvalue weighted by molar-refractivity contribution is 0.354. The number of rotatable bonds is 6. The van der Waals surface area contributed by atoms with Crippen molar-refractivity contribution in [1.82, 2.24) is 9.97 Å². The van der Waals surface area contributed by atoms with Gasteiger partial charge in [0.05, 0.1) is 19.6 Å². The van der Waals surface area contributed by atoms with Gasteiger partial charge in [-0.25, -0.2) is 9.97 Å². The minimum absolute atomic E-state index is 0.657. The molecule has 120 valence electrons. The molecule has 0 aliphatic carbocycles. The number of nitrogens with zero attached hydrogens (tertiary/aromatic N) is 2. The van der Waals surface area contributed by atoms with Crippen LogP contribution in [0.3, 0.4) is 0 Å². The smallest absolute Gasteiger partial charge is 0.161 e. The predicted octanol–water partition coefficient (Wildman–Crippen LogP) is 3.88. The second-order valence-electron chi connectivity index (χ2n) is 5.05. The standard InChI is InChI=1S/C17H19N3O2S/c1-4-12-8-13-16(19-10-20-17(13)23-12)18-9-11-5-6-14(21-2)15(7-11)22-3/h5-8,10H,4,9H2,1-3H3,(H,18,19,20). The van der Waals surface area contributed by atoms with E-state index in [1.54, 1.807) is 31.9 Å². The van der Waals surface area contributed by atoms with Crippen molar-refractivity contribution < 1.29 is 9.47 Å². The first-order valence-corrected chi connectivity index (χ1v) is 8.25. The van der Waals surface area contributed by atoms with Gasteiger partial charge in [0.15, 0.2) is 11.5 Å². The third-order valence-electron chi connectivity index (χ3n) is 3.64. The van der Waals surface area contributed by atoms with Crippen molar-refractivity contribution >= 4 is 27.4 Å². The van der Waals surface area contributed by atoms with Crippen LogP contribution >= 0.6 is 11.3 Å². The maximum Gasteiger partial charge on any atom is 0.161 e. The largest absolute Gasteiger partial charge is 0.493 e. The minimum atomic E-state index is 0.657. The molecule has 0 saturated carbocycles. The molecule has 0 aliphatic heterocycles. The van der Waals surface area contributed by atoms with E-state index in [2.05, 4.69) is 28.3 Å². The van der Waals surface area contributed by atoms with Crippen molar-refractivity contribution in [3.05, 3.63) is 41.0 Å². The molecule has 1 aromatic carbocycles. The Hall–Kier alpha value is -2.34. The van der Waals surface area contributed by atoms with E-state index in [1.165, 1.54) is 4.88 Å². The maximum atomic E-state index is 5.34. The summed E-state index contributed by atoms with van der Waals surface area (Å²) >= 11 is 1.72. The molecule has 0 unspecified atom stereocenters. The molecular weight excluding hydrogens is 310 g/mol. The Bertz CT molecular complexity index is 817. The molecule has 6 heteroatoms. The van der Waals surface area contributed by atoms with Crippen molar-refractivity contribution in [1.29, 1.82) is 0 Å². The highest BCUT2D eigenvalue weighted by molar-refractivity contribution is 7.18. The van der Waals surface area contributed by atoms with Crippen LogP contribution in [-0.4, -0.2) is 24.2 Å². The van der Waals surface area contributed by atoms with Crippen molar-refractivity contribution in [3.8, 4) is 11.5 Å². The lowest BCUT2D eigenvalue weighted by atomic mass is 10.2. The first-order chi connectivity index (χ1) is 11.2. The van der Waals surface area contributed by atoms with Crippen LogP contribution in [0.15, 0.2) is 30.6 Å². The molecular formula is C17H19N3O2S. The zero-order valence-electron chi connectivity index (χ0n) is 13.4. The van der Waals surface area contributed by atoms with Crippen molar-refractivity contribution in [2.24, 2.45) is 0 Å². The molecule has 5 nitrogen and oxygen atoms in total. The summed E-state index contributed by atoms with van der Waals surface area (Å²) in [5.41, 5.74) is 1.10. The number of hydrogen-bond donors (Lipinski definition) is 1. The average molecular weight is 329 g/mol. The molecule has 0 saturated heterocycles. The van der Waals surface area contributed by atoms with E-state index in [9.17, 15) is 0 Å². The van der Waals surface area contributed by atoms with Crippen molar-refractivity contribution in [3.63, 3.8) is 0 Å². The lowest BCUT2D eigenvalue weighted by Crippen LogP contribution is -2.02. The molecule has 1 N–H and O–H groups in total. The van der Waals surface area contributed by atoms with Crippen LogP contribution in [-0.2, 0) is 13.0 Å². The molecule has 2 aromatic heterocycles. The fraction of sp³-hybridized carbons (Fsp3) is 0.294. The summed E-state index contributed by atoms with van der Waals surface area (Å²) in [4.78, 5) is 11.1. The zero-order valence-corrected chi connectivity index (χ0v) is 14.2. The van der Waals surface area contributed by atoms with Crippen LogP contribution < -0.4 is 14.8 Å². The number of aromatic nitrogens is 2. The van der Waals surface area contributed by atoms with E-state index in [4.69, 9.17) is 9.47 Å². The number of anilines is 1. The molecule has 0 aliphatic rings. The average Bonchev–Trinajstić information content (AvgIpc) is 3.03. The van der Waals surface area contributed by atoms with Gasteiger partial charge < -0.3 is 14.8 Å². The molecule has 3 aromatic rings. The second-order valence-corrected chi connectivity index (χ2v) is 6.17. The SMILES string of the molecule is CCc1cc2c(NCc3ccc(OC)c(OC)c3)ncnc2s1. The van der Waals surface area contributed by atoms with Gasteiger partial charge in [0.1, 0.15) is 17.0 Å². The van der Waals surface area contributed by atoms with Gasteiger partial charge in [-0.3, -0.25) is 0 Å². The van der Waals surface area contributed by atoms with Gasteiger partial charge in [-0.2, -0.15) is 0 Å². The van der Waals surface area contributed by atoms with Crippen LogP contribution in [0.25, 0.3) is 10.2 Å². The molecule has 2 heterocycles. The van der Waals surface area contributed by atoms with Crippen LogP contribution in [0.5, 0.6) is 11.5 Å². The molecule has 0 atom stereocenters. The van der Waals surface area contributed by atoms with Gasteiger partial charge >= 0.3 is 0 Å². The second kappa shape index (κ2) is 6.83. The Morgan fingerprint density at radius 3 is 2.65 bits per heavy atom. The third-order valence-corrected chi connectivity index (χ3v) is 4.82. The number of benzene rings is 1. The Morgan fingerprint density at radius 1 is 1.09 bits per heavy atom. The highest BCUT2D eigenvalue weighted by Crippen LogP contribution is 2.30. The Labute approximate surface area is 139 Å². The number of hydrogen-bond acceptors (Lipinski definition) is 6. The summed E-state index contributed by atoms with van der Waals surface area (Å²) in [6.45, 7) is 2.80. The van der Waals surface area contributed by atoms with E-state index in [0.29, 0.717) is 6.54 Å². The molecule has 23 heavy (non-hydrogen) atoms. The van der Waals surface area contributed by atoms with Crippen molar-refractivity contribution in [2.75, 3.05) is 19.5 Å².